The molecular formula is C22H14FN3O2S. The zero-order valence-corrected chi connectivity index (χ0v) is 15.9. The van der Waals surface area contributed by atoms with E-state index in [4.69, 9.17) is 4.74 Å². The number of aromatic amines is 1. The number of Topliss-reactive ketones (excluding diaryl/α,β-unsaturated/α-hetero) is 1. The van der Waals surface area contributed by atoms with Gasteiger partial charge in [-0.25, -0.2) is 9.37 Å². The van der Waals surface area contributed by atoms with Crippen molar-refractivity contribution >= 4 is 34.1 Å². The normalized spacial score (nSPS) is 11.4. The van der Waals surface area contributed by atoms with Crippen LogP contribution in [0.25, 0.3) is 17.0 Å². The summed E-state index contributed by atoms with van der Waals surface area (Å²) in [7, 11) is 0. The average Bonchev–Trinajstić information content (AvgIpc) is 3.40. The largest absolute Gasteiger partial charge is 0.487 e. The van der Waals surface area contributed by atoms with Gasteiger partial charge in [0.25, 0.3) is 0 Å². The maximum absolute atomic E-state index is 13.3. The number of carbonyl (C=O) groups is 1. The number of halogens is 1. The summed E-state index contributed by atoms with van der Waals surface area (Å²) in [5.41, 5.74) is 4.13. The minimum Gasteiger partial charge on any atom is -0.487 e. The molecule has 2 heterocycles. The minimum absolute atomic E-state index is 0.00799. The van der Waals surface area contributed by atoms with Crippen molar-refractivity contribution in [1.29, 1.82) is 5.26 Å². The Morgan fingerprint density at radius 2 is 2.10 bits per heavy atom. The second kappa shape index (κ2) is 8.09. The third kappa shape index (κ3) is 4.08. The van der Waals surface area contributed by atoms with Crippen molar-refractivity contribution in [2.24, 2.45) is 0 Å². The van der Waals surface area contributed by atoms with E-state index in [1.807, 2.05) is 11.4 Å². The first kappa shape index (κ1) is 18.6. The van der Waals surface area contributed by atoms with E-state index < -0.39 is 11.6 Å². The molecule has 4 rings (SSSR count). The number of carbonyl (C=O) groups excluding carboxylic acids is 1. The number of ketones is 1. The van der Waals surface area contributed by atoms with Crippen LogP contribution in [0.4, 0.5) is 4.39 Å². The molecule has 0 bridgehead atoms. The second-order valence-electron chi connectivity index (χ2n) is 6.23. The lowest BCUT2D eigenvalue weighted by molar-refractivity contribution is 0.104. The summed E-state index contributed by atoms with van der Waals surface area (Å²) >= 11 is 1.51. The maximum Gasteiger partial charge on any atom is 0.205 e. The van der Waals surface area contributed by atoms with Crippen LogP contribution < -0.4 is 4.74 Å². The molecule has 4 aromatic rings. The molecule has 0 aliphatic carbocycles. The van der Waals surface area contributed by atoms with Crippen LogP contribution in [-0.2, 0) is 6.61 Å². The molecule has 0 aliphatic heterocycles. The maximum atomic E-state index is 13.3. The van der Waals surface area contributed by atoms with E-state index in [0.717, 1.165) is 5.69 Å². The van der Waals surface area contributed by atoms with Crippen LogP contribution in [0, 0.1) is 17.1 Å². The monoisotopic (exact) mass is 403 g/mol. The lowest BCUT2D eigenvalue weighted by Gasteiger charge is -2.04. The molecule has 29 heavy (non-hydrogen) atoms. The summed E-state index contributed by atoms with van der Waals surface area (Å²) < 4.78 is 19.0. The number of ether oxygens (including phenoxy) is 1. The average molecular weight is 403 g/mol. The molecular weight excluding hydrogens is 389 g/mol. The molecule has 2 aromatic heterocycles. The van der Waals surface area contributed by atoms with E-state index in [1.54, 1.807) is 29.8 Å². The van der Waals surface area contributed by atoms with E-state index in [0.29, 0.717) is 34.4 Å². The predicted octanol–water partition coefficient (Wildman–Crippen LogP) is 5.13. The molecule has 0 saturated carbocycles. The molecule has 0 fully saturated rings. The highest BCUT2D eigenvalue weighted by molar-refractivity contribution is 7.07. The highest BCUT2D eigenvalue weighted by atomic mass is 32.1. The van der Waals surface area contributed by atoms with Crippen molar-refractivity contribution < 1.29 is 13.9 Å². The fourth-order valence-electron chi connectivity index (χ4n) is 2.87. The first-order chi connectivity index (χ1) is 14.1. The highest BCUT2D eigenvalue weighted by Gasteiger charge is 2.17. The molecule has 0 unspecified atom stereocenters. The number of hydrogen-bond donors (Lipinski definition) is 1. The zero-order valence-electron chi connectivity index (χ0n) is 15.1. The number of benzene rings is 2. The number of allylic oxidation sites excluding steroid dienone is 1. The number of H-pyrrole nitrogens is 1. The van der Waals surface area contributed by atoms with Crippen molar-refractivity contribution in [3.63, 3.8) is 0 Å². The van der Waals surface area contributed by atoms with Crippen LogP contribution >= 0.6 is 11.3 Å². The van der Waals surface area contributed by atoms with Gasteiger partial charge in [-0.3, -0.25) is 4.79 Å². The summed E-state index contributed by atoms with van der Waals surface area (Å²) in [5, 5.41) is 12.0. The summed E-state index contributed by atoms with van der Waals surface area (Å²) in [6, 6.07) is 13.2. The highest BCUT2D eigenvalue weighted by Crippen LogP contribution is 2.23. The topological polar surface area (TPSA) is 78.8 Å². The van der Waals surface area contributed by atoms with Gasteiger partial charge in [0.05, 0.1) is 11.2 Å². The molecule has 0 saturated heterocycles. The summed E-state index contributed by atoms with van der Waals surface area (Å²) in [6.45, 7) is 0.377. The van der Waals surface area contributed by atoms with E-state index in [2.05, 4.69) is 9.97 Å². The second-order valence-corrected chi connectivity index (χ2v) is 6.95. The molecule has 142 valence electrons. The van der Waals surface area contributed by atoms with Gasteiger partial charge < -0.3 is 9.72 Å². The van der Waals surface area contributed by atoms with Crippen molar-refractivity contribution in [2.45, 2.75) is 6.61 Å². The van der Waals surface area contributed by atoms with Crippen LogP contribution in [0.1, 0.15) is 21.6 Å². The molecule has 0 spiro atoms. The Balaban J connectivity index is 1.53. The smallest absolute Gasteiger partial charge is 0.205 e. The number of fused-ring (bicyclic) bond motifs is 1. The van der Waals surface area contributed by atoms with Crippen LogP contribution in [0.5, 0.6) is 5.75 Å². The first-order valence-electron chi connectivity index (χ1n) is 8.67. The SMILES string of the molecule is N#CC(=Cc1ccc(OCc2cscn2)cc1)C(=O)c1c[nH]c2cc(F)ccc12. The van der Waals surface area contributed by atoms with Gasteiger partial charge in [-0.05, 0) is 42.0 Å². The molecule has 0 amide bonds. The number of aromatic nitrogens is 2. The molecule has 5 nitrogen and oxygen atoms in total. The molecule has 7 heteroatoms. The van der Waals surface area contributed by atoms with Crippen molar-refractivity contribution in [1.82, 2.24) is 9.97 Å². The number of thiazole rings is 1. The van der Waals surface area contributed by atoms with E-state index in [-0.39, 0.29) is 5.57 Å². The number of rotatable bonds is 6. The molecule has 0 aliphatic rings. The van der Waals surface area contributed by atoms with Gasteiger partial charge in [0.1, 0.15) is 29.8 Å². The Hall–Kier alpha value is -3.76. The minimum atomic E-state index is -0.422. The number of nitriles is 1. The van der Waals surface area contributed by atoms with Gasteiger partial charge in [-0.1, -0.05) is 12.1 Å². The van der Waals surface area contributed by atoms with E-state index in [9.17, 15) is 14.4 Å². The number of hydrogen-bond acceptors (Lipinski definition) is 5. The van der Waals surface area contributed by atoms with Gasteiger partial charge in [0.2, 0.25) is 5.78 Å². The van der Waals surface area contributed by atoms with E-state index >= 15 is 0 Å². The first-order valence-corrected chi connectivity index (χ1v) is 9.61. The Morgan fingerprint density at radius 1 is 1.28 bits per heavy atom. The van der Waals surface area contributed by atoms with Crippen LogP contribution in [-0.4, -0.2) is 15.8 Å². The van der Waals surface area contributed by atoms with Crippen LogP contribution in [0.2, 0.25) is 0 Å². The summed E-state index contributed by atoms with van der Waals surface area (Å²) in [6.07, 6.45) is 3.02. The van der Waals surface area contributed by atoms with Crippen molar-refractivity contribution in [3.05, 3.63) is 87.8 Å². The summed E-state index contributed by atoms with van der Waals surface area (Å²) in [4.78, 5) is 19.8. The number of nitrogens with one attached hydrogen (secondary N) is 1. The van der Waals surface area contributed by atoms with Gasteiger partial charge in [-0.15, -0.1) is 11.3 Å². The Morgan fingerprint density at radius 3 is 2.83 bits per heavy atom. The Bertz CT molecular complexity index is 1240. The quantitative estimate of drug-likeness (QED) is 0.275. The summed E-state index contributed by atoms with van der Waals surface area (Å²) in [5.74, 6) is -0.153. The molecule has 0 radical (unpaired) electrons. The van der Waals surface area contributed by atoms with Crippen LogP contribution in [0.15, 0.2) is 65.1 Å². The molecule has 0 atom stereocenters. The van der Waals surface area contributed by atoms with Gasteiger partial charge in [0.15, 0.2) is 0 Å². The fraction of sp³-hybridized carbons (Fsp3) is 0.0455. The molecule has 1 N–H and O–H groups in total. The standard InChI is InChI=1S/C22H14FN3O2S/c23-16-3-6-19-20(10-25-21(19)8-16)22(27)15(9-24)7-14-1-4-18(5-2-14)28-11-17-12-29-13-26-17/h1-8,10,12-13,25H,11H2. The van der Waals surface area contributed by atoms with Crippen LogP contribution in [0.3, 0.4) is 0 Å². The lowest BCUT2D eigenvalue weighted by atomic mass is 10.0. The van der Waals surface area contributed by atoms with Gasteiger partial charge in [0, 0.05) is 28.0 Å². The van der Waals surface area contributed by atoms with Crippen molar-refractivity contribution in [3.8, 4) is 11.8 Å². The lowest BCUT2D eigenvalue weighted by Crippen LogP contribution is -2.01. The Kier molecular flexibility index (Phi) is 5.18. The third-order valence-corrected chi connectivity index (χ3v) is 4.95. The third-order valence-electron chi connectivity index (χ3n) is 4.31. The van der Waals surface area contributed by atoms with Gasteiger partial charge >= 0.3 is 0 Å². The van der Waals surface area contributed by atoms with E-state index in [1.165, 1.54) is 41.8 Å². The number of nitrogens with zero attached hydrogens (tertiary/aromatic N) is 2. The van der Waals surface area contributed by atoms with Gasteiger partial charge in [-0.2, -0.15) is 5.26 Å². The predicted molar refractivity (Wildman–Crippen MR) is 109 cm³/mol. The Labute approximate surface area is 169 Å². The fourth-order valence-corrected chi connectivity index (χ4v) is 3.42. The van der Waals surface area contributed by atoms with Crippen molar-refractivity contribution in [2.75, 3.05) is 0 Å². The zero-order chi connectivity index (χ0) is 20.2. The molecule has 2 aromatic carbocycles.